The van der Waals surface area contributed by atoms with Crippen LogP contribution in [0.1, 0.15) is 44.4 Å². The average molecular weight is 478 g/mol. The molecule has 0 unspecified atom stereocenters. The number of amides is 3. The van der Waals surface area contributed by atoms with E-state index < -0.39 is 17.5 Å². The Kier molecular flexibility index (Phi) is 7.67. The highest BCUT2D eigenvalue weighted by Gasteiger charge is 2.37. The van der Waals surface area contributed by atoms with Crippen molar-refractivity contribution in [3.63, 3.8) is 0 Å². The van der Waals surface area contributed by atoms with Crippen LogP contribution < -0.4 is 15.4 Å². The second-order valence-corrected chi connectivity index (χ2v) is 10.7. The van der Waals surface area contributed by atoms with Gasteiger partial charge in [-0.25, -0.2) is 4.79 Å². The zero-order valence-electron chi connectivity index (χ0n) is 19.3. The highest BCUT2D eigenvalue weighted by atomic mass is 35.5. The second kappa shape index (κ2) is 10.1. The van der Waals surface area contributed by atoms with Gasteiger partial charge in [-0.3, -0.25) is 9.79 Å². The number of benzene rings is 1. The number of nitrogens with one attached hydrogen (secondary N) is 2. The summed E-state index contributed by atoms with van der Waals surface area (Å²) in [6.07, 6.45) is 3.96. The van der Waals surface area contributed by atoms with Crippen LogP contribution in [0.2, 0.25) is 5.02 Å². The number of carbonyl (C=O) groups excluding carboxylic acids is 2. The van der Waals surface area contributed by atoms with E-state index >= 15 is 0 Å². The number of nitrogens with zero attached hydrogens (tertiary/aromatic N) is 3. The Morgan fingerprint density at radius 3 is 2.34 bits per heavy atom. The minimum absolute atomic E-state index is 0.0387. The summed E-state index contributed by atoms with van der Waals surface area (Å²) in [6.45, 7) is 7.25. The third-order valence-electron chi connectivity index (χ3n) is 5.72. The van der Waals surface area contributed by atoms with E-state index in [1.165, 1.54) is 4.88 Å². The SMILES string of the molecule is CN=c1sc(C2CCN(C(=O)[C@H](NC(=O)Nc3ccc(Cl)cc3)C(C)(C)C)CC2)cn1C. The largest absolute Gasteiger partial charge is 0.341 e. The highest BCUT2D eigenvalue weighted by molar-refractivity contribution is 7.09. The predicted molar refractivity (Wildman–Crippen MR) is 130 cm³/mol. The summed E-state index contributed by atoms with van der Waals surface area (Å²) in [4.78, 5) is 34.5. The smallest absolute Gasteiger partial charge is 0.319 e. The molecule has 0 radical (unpaired) electrons. The molecule has 3 amide bonds. The van der Waals surface area contributed by atoms with Crippen LogP contribution >= 0.6 is 22.9 Å². The molecule has 9 heteroatoms. The standard InChI is InChI=1S/C23H32ClN5O2S/c1-23(2,3)19(27-21(31)26-17-8-6-16(24)7-9-17)20(30)29-12-10-15(11-13-29)18-14-28(5)22(25-4)32-18/h6-9,14-15,19H,10-13H2,1-5H3,(H2,26,27,31)/t19-/m0/s1. The molecule has 0 spiro atoms. The molecule has 1 aromatic carbocycles. The van der Waals surface area contributed by atoms with Crippen LogP contribution in [0.5, 0.6) is 0 Å². The number of thiazole rings is 1. The minimum atomic E-state index is -0.628. The zero-order chi connectivity index (χ0) is 23.5. The molecule has 3 rings (SSSR count). The third kappa shape index (κ3) is 5.92. The quantitative estimate of drug-likeness (QED) is 0.691. The first-order valence-corrected chi connectivity index (χ1v) is 12.0. The first kappa shape index (κ1) is 24.3. The molecule has 2 N–H and O–H groups in total. The Morgan fingerprint density at radius 1 is 1.19 bits per heavy atom. The average Bonchev–Trinajstić information content (AvgIpc) is 3.13. The predicted octanol–water partition coefficient (Wildman–Crippen LogP) is 4.21. The van der Waals surface area contributed by atoms with Gasteiger partial charge in [0.15, 0.2) is 4.80 Å². The number of anilines is 1. The van der Waals surface area contributed by atoms with Gasteiger partial charge in [0.2, 0.25) is 5.91 Å². The Balaban J connectivity index is 1.63. The Bertz CT molecular complexity index is 1010. The van der Waals surface area contributed by atoms with Crippen molar-refractivity contribution in [1.82, 2.24) is 14.8 Å². The number of hydrogen-bond donors (Lipinski definition) is 2. The van der Waals surface area contributed by atoms with Gasteiger partial charge < -0.3 is 20.1 Å². The molecule has 1 atom stereocenters. The lowest BCUT2D eigenvalue weighted by molar-refractivity contribution is -0.136. The lowest BCUT2D eigenvalue weighted by atomic mass is 9.85. The fourth-order valence-corrected chi connectivity index (χ4v) is 5.13. The molecule has 0 saturated carbocycles. The Labute approximate surface area is 198 Å². The van der Waals surface area contributed by atoms with E-state index in [0.717, 1.165) is 17.6 Å². The van der Waals surface area contributed by atoms with Gasteiger partial charge in [0.25, 0.3) is 0 Å². The molecule has 2 aromatic rings. The van der Waals surface area contributed by atoms with Gasteiger partial charge in [-0.1, -0.05) is 32.4 Å². The molecule has 1 aliphatic rings. The lowest BCUT2D eigenvalue weighted by Gasteiger charge is -2.38. The number of carbonyl (C=O) groups is 2. The van der Waals surface area contributed by atoms with Crippen LogP contribution in [0.25, 0.3) is 0 Å². The molecule has 1 fully saturated rings. The van der Waals surface area contributed by atoms with E-state index in [9.17, 15) is 9.59 Å². The molecule has 1 aliphatic heterocycles. The monoisotopic (exact) mass is 477 g/mol. The summed E-state index contributed by atoms with van der Waals surface area (Å²) in [7, 11) is 3.81. The van der Waals surface area contributed by atoms with Crippen molar-refractivity contribution in [3.8, 4) is 0 Å². The van der Waals surface area contributed by atoms with Crippen molar-refractivity contribution in [1.29, 1.82) is 0 Å². The maximum atomic E-state index is 13.4. The molecular formula is C23H32ClN5O2S. The maximum absolute atomic E-state index is 13.4. The van der Waals surface area contributed by atoms with Gasteiger partial charge >= 0.3 is 6.03 Å². The van der Waals surface area contributed by atoms with Gasteiger partial charge in [0, 0.05) is 49.0 Å². The van der Waals surface area contributed by atoms with E-state index in [-0.39, 0.29) is 5.91 Å². The van der Waals surface area contributed by atoms with E-state index in [1.54, 1.807) is 42.6 Å². The molecule has 32 heavy (non-hydrogen) atoms. The minimum Gasteiger partial charge on any atom is -0.341 e. The van der Waals surface area contributed by atoms with E-state index in [4.69, 9.17) is 11.6 Å². The van der Waals surface area contributed by atoms with Gasteiger partial charge in [0.1, 0.15) is 6.04 Å². The molecule has 1 saturated heterocycles. The molecule has 2 heterocycles. The lowest BCUT2D eigenvalue weighted by Crippen LogP contribution is -2.56. The maximum Gasteiger partial charge on any atom is 0.319 e. The molecule has 0 bridgehead atoms. The van der Waals surface area contributed by atoms with Crippen LogP contribution in [-0.2, 0) is 11.8 Å². The van der Waals surface area contributed by atoms with Gasteiger partial charge in [-0.2, -0.15) is 0 Å². The normalized spacial score (nSPS) is 16.7. The zero-order valence-corrected chi connectivity index (χ0v) is 20.9. The van der Waals surface area contributed by atoms with Crippen LogP contribution in [0, 0.1) is 5.41 Å². The number of aromatic nitrogens is 1. The number of hydrogen-bond acceptors (Lipinski definition) is 4. The van der Waals surface area contributed by atoms with Crippen molar-refractivity contribution in [2.24, 2.45) is 17.5 Å². The van der Waals surface area contributed by atoms with Crippen LogP contribution in [-0.4, -0.2) is 47.6 Å². The summed E-state index contributed by atoms with van der Waals surface area (Å²) in [5.74, 6) is 0.392. The number of urea groups is 1. The first-order chi connectivity index (χ1) is 15.1. The second-order valence-electron chi connectivity index (χ2n) is 9.25. The number of rotatable bonds is 4. The van der Waals surface area contributed by atoms with Crippen molar-refractivity contribution in [3.05, 3.63) is 45.2 Å². The first-order valence-electron chi connectivity index (χ1n) is 10.8. The summed E-state index contributed by atoms with van der Waals surface area (Å²) < 4.78 is 2.05. The number of likely N-dealkylation sites (tertiary alicyclic amines) is 1. The topological polar surface area (TPSA) is 78.7 Å². The Hall–Kier alpha value is -2.32. The molecular weight excluding hydrogens is 446 g/mol. The van der Waals surface area contributed by atoms with Crippen molar-refractivity contribution in [2.75, 3.05) is 25.5 Å². The molecule has 174 valence electrons. The molecule has 7 nitrogen and oxygen atoms in total. The van der Waals surface area contributed by atoms with E-state index in [1.807, 2.05) is 32.7 Å². The van der Waals surface area contributed by atoms with Crippen LogP contribution in [0.3, 0.4) is 0 Å². The summed E-state index contributed by atoms with van der Waals surface area (Å²) in [5.41, 5.74) is 0.194. The van der Waals surface area contributed by atoms with Gasteiger partial charge in [0.05, 0.1) is 0 Å². The summed E-state index contributed by atoms with van der Waals surface area (Å²) in [6, 6.07) is 5.83. The van der Waals surface area contributed by atoms with Crippen LogP contribution in [0.15, 0.2) is 35.5 Å². The van der Waals surface area contributed by atoms with Crippen molar-refractivity contribution in [2.45, 2.75) is 45.6 Å². The highest BCUT2D eigenvalue weighted by Crippen LogP contribution is 2.31. The van der Waals surface area contributed by atoms with Crippen molar-refractivity contribution >= 4 is 40.6 Å². The number of piperidine rings is 1. The fourth-order valence-electron chi connectivity index (χ4n) is 3.89. The molecule has 0 aliphatic carbocycles. The van der Waals surface area contributed by atoms with Crippen LogP contribution in [0.4, 0.5) is 10.5 Å². The Morgan fingerprint density at radius 2 is 1.81 bits per heavy atom. The summed E-state index contributed by atoms with van der Waals surface area (Å²) in [5, 5.41) is 6.27. The molecule has 1 aromatic heterocycles. The number of aryl methyl sites for hydroxylation is 1. The third-order valence-corrected chi connectivity index (χ3v) is 7.30. The van der Waals surface area contributed by atoms with Gasteiger partial charge in [-0.15, -0.1) is 11.3 Å². The summed E-state index contributed by atoms with van der Waals surface area (Å²) >= 11 is 7.62. The fraction of sp³-hybridized carbons (Fsp3) is 0.522. The van der Waals surface area contributed by atoms with E-state index in [0.29, 0.717) is 29.7 Å². The van der Waals surface area contributed by atoms with Gasteiger partial charge in [-0.05, 0) is 48.4 Å². The van der Waals surface area contributed by atoms with E-state index in [2.05, 4.69) is 26.4 Å². The number of halogens is 1. The van der Waals surface area contributed by atoms with Crippen molar-refractivity contribution < 1.29 is 9.59 Å².